The fourth-order valence-corrected chi connectivity index (χ4v) is 2.25. The fraction of sp³-hybridized carbons (Fsp3) is 0.273. The molecule has 0 atom stereocenters. The van der Waals surface area contributed by atoms with Gasteiger partial charge in [0.2, 0.25) is 0 Å². The van der Waals surface area contributed by atoms with Crippen LogP contribution in [0.3, 0.4) is 0 Å². The maximum Gasteiger partial charge on any atom is 0.0533 e. The molecule has 2 heteroatoms. The molecule has 2 nitrogen and oxygen atoms in total. The summed E-state index contributed by atoms with van der Waals surface area (Å²) in [6.45, 7) is 1.14. The van der Waals surface area contributed by atoms with Crippen molar-refractivity contribution < 1.29 is 0 Å². The first-order valence-corrected chi connectivity index (χ1v) is 4.72. The maximum absolute atomic E-state index is 5.90. The van der Waals surface area contributed by atoms with Gasteiger partial charge in [-0.25, -0.2) is 0 Å². The maximum atomic E-state index is 5.90. The van der Waals surface area contributed by atoms with E-state index in [0.29, 0.717) is 0 Å². The lowest BCUT2D eigenvalue weighted by molar-refractivity contribution is 0.636. The first-order chi connectivity index (χ1) is 6.36. The summed E-state index contributed by atoms with van der Waals surface area (Å²) in [5.41, 5.74) is 9.60. The molecular formula is C11H12N2. The van der Waals surface area contributed by atoms with E-state index in [4.69, 9.17) is 5.73 Å². The van der Waals surface area contributed by atoms with E-state index in [1.54, 1.807) is 0 Å². The molecule has 13 heavy (non-hydrogen) atoms. The smallest absolute Gasteiger partial charge is 0.0533 e. The number of hydrogen-bond donors (Lipinski definition) is 1. The zero-order valence-corrected chi connectivity index (χ0v) is 7.46. The molecule has 0 unspecified atom stereocenters. The molecule has 66 valence electrons. The summed E-state index contributed by atoms with van der Waals surface area (Å²) >= 11 is 0. The number of benzene rings is 1. The Morgan fingerprint density at radius 1 is 1.23 bits per heavy atom. The van der Waals surface area contributed by atoms with Crippen molar-refractivity contribution in [3.8, 4) is 0 Å². The largest absolute Gasteiger partial charge is 0.398 e. The van der Waals surface area contributed by atoms with Gasteiger partial charge >= 0.3 is 0 Å². The number of hydrogen-bond acceptors (Lipinski definition) is 1. The van der Waals surface area contributed by atoms with Crippen LogP contribution in [0.25, 0.3) is 10.9 Å². The molecule has 1 aliphatic heterocycles. The average Bonchev–Trinajstić information content (AvgIpc) is 2.57. The SMILES string of the molecule is Nc1ccc2c3c1ccn3CCC2. The van der Waals surface area contributed by atoms with E-state index in [9.17, 15) is 0 Å². The predicted octanol–water partition coefficient (Wildman–Crippen LogP) is 2.17. The van der Waals surface area contributed by atoms with Gasteiger partial charge in [-0.2, -0.15) is 0 Å². The second-order valence-corrected chi connectivity index (χ2v) is 3.69. The van der Waals surface area contributed by atoms with Crippen molar-refractivity contribution in [1.29, 1.82) is 0 Å². The topological polar surface area (TPSA) is 30.9 Å². The van der Waals surface area contributed by atoms with Gasteiger partial charge in [-0.1, -0.05) is 6.07 Å². The monoisotopic (exact) mass is 172 g/mol. The van der Waals surface area contributed by atoms with Crippen molar-refractivity contribution in [2.24, 2.45) is 0 Å². The fourth-order valence-electron chi connectivity index (χ4n) is 2.25. The van der Waals surface area contributed by atoms with Crippen molar-refractivity contribution in [3.05, 3.63) is 30.0 Å². The summed E-state index contributed by atoms with van der Waals surface area (Å²) in [6.07, 6.45) is 4.59. The van der Waals surface area contributed by atoms with E-state index in [1.807, 2.05) is 6.07 Å². The minimum absolute atomic E-state index is 0.902. The Kier molecular flexibility index (Phi) is 1.23. The Morgan fingerprint density at radius 2 is 2.15 bits per heavy atom. The Balaban J connectivity index is 2.50. The molecule has 1 aromatic carbocycles. The van der Waals surface area contributed by atoms with Gasteiger partial charge in [0, 0.05) is 23.8 Å². The molecular weight excluding hydrogens is 160 g/mol. The van der Waals surface area contributed by atoms with Gasteiger partial charge in [0.15, 0.2) is 0 Å². The van der Waals surface area contributed by atoms with Gasteiger partial charge in [-0.05, 0) is 30.5 Å². The molecule has 0 bridgehead atoms. The molecule has 0 fully saturated rings. The first kappa shape index (κ1) is 7.01. The molecule has 1 aliphatic rings. The summed E-state index contributed by atoms with van der Waals surface area (Å²) in [7, 11) is 0. The van der Waals surface area contributed by atoms with Gasteiger partial charge in [-0.3, -0.25) is 0 Å². The summed E-state index contributed by atoms with van der Waals surface area (Å²) in [6, 6.07) is 6.31. The third-order valence-electron chi connectivity index (χ3n) is 2.89. The van der Waals surface area contributed by atoms with Crippen LogP contribution < -0.4 is 5.73 Å². The number of aromatic nitrogens is 1. The van der Waals surface area contributed by atoms with Gasteiger partial charge in [-0.15, -0.1) is 0 Å². The van der Waals surface area contributed by atoms with E-state index < -0.39 is 0 Å². The van der Waals surface area contributed by atoms with Crippen LogP contribution in [0.1, 0.15) is 12.0 Å². The predicted molar refractivity (Wildman–Crippen MR) is 54.7 cm³/mol. The first-order valence-electron chi connectivity index (χ1n) is 4.72. The highest BCUT2D eigenvalue weighted by Gasteiger charge is 2.12. The second-order valence-electron chi connectivity index (χ2n) is 3.69. The quantitative estimate of drug-likeness (QED) is 0.606. The summed E-state index contributed by atoms with van der Waals surface area (Å²) in [5.74, 6) is 0. The summed E-state index contributed by atoms with van der Waals surface area (Å²) in [5, 5.41) is 1.22. The Bertz CT molecular complexity index is 468. The van der Waals surface area contributed by atoms with E-state index >= 15 is 0 Å². The number of nitrogens with zero attached hydrogens (tertiary/aromatic N) is 1. The highest BCUT2D eigenvalue weighted by atomic mass is 15.0. The Labute approximate surface area is 77.0 Å². The molecule has 0 spiro atoms. The molecule has 2 aromatic rings. The highest BCUT2D eigenvalue weighted by molar-refractivity contribution is 5.93. The average molecular weight is 172 g/mol. The lowest BCUT2D eigenvalue weighted by Crippen LogP contribution is -2.06. The lowest BCUT2D eigenvalue weighted by Gasteiger charge is -2.15. The van der Waals surface area contributed by atoms with Crippen LogP contribution in [-0.4, -0.2) is 4.57 Å². The molecule has 1 aromatic heterocycles. The van der Waals surface area contributed by atoms with Crippen LogP contribution in [0.4, 0.5) is 5.69 Å². The molecule has 2 heterocycles. The van der Waals surface area contributed by atoms with Crippen molar-refractivity contribution >= 4 is 16.6 Å². The number of rotatable bonds is 0. The third kappa shape index (κ3) is 0.829. The molecule has 0 saturated heterocycles. The van der Waals surface area contributed by atoms with Gasteiger partial charge in [0.1, 0.15) is 0 Å². The normalized spacial score (nSPS) is 15.1. The van der Waals surface area contributed by atoms with Crippen LogP contribution >= 0.6 is 0 Å². The van der Waals surface area contributed by atoms with E-state index in [1.165, 1.54) is 29.3 Å². The molecule has 3 rings (SSSR count). The Hall–Kier alpha value is -1.44. The van der Waals surface area contributed by atoms with E-state index in [2.05, 4.69) is 22.9 Å². The number of anilines is 1. The zero-order valence-electron chi connectivity index (χ0n) is 7.46. The molecule has 0 radical (unpaired) electrons. The third-order valence-corrected chi connectivity index (χ3v) is 2.89. The van der Waals surface area contributed by atoms with E-state index in [0.717, 1.165) is 12.2 Å². The molecule has 0 amide bonds. The van der Waals surface area contributed by atoms with Crippen molar-refractivity contribution in [3.63, 3.8) is 0 Å². The summed E-state index contributed by atoms with van der Waals surface area (Å²) in [4.78, 5) is 0. The number of aryl methyl sites for hydroxylation is 2. The molecule has 0 saturated carbocycles. The minimum atomic E-state index is 0.902. The standard InChI is InChI=1S/C11H12N2/c12-10-4-3-8-2-1-6-13-7-5-9(10)11(8)13/h3-5,7H,1-2,6,12H2. The lowest BCUT2D eigenvalue weighted by atomic mass is 10.0. The highest BCUT2D eigenvalue weighted by Crippen LogP contribution is 2.29. The molecule has 0 aliphatic carbocycles. The number of nitrogens with two attached hydrogens (primary N) is 1. The van der Waals surface area contributed by atoms with E-state index in [-0.39, 0.29) is 0 Å². The minimum Gasteiger partial charge on any atom is -0.398 e. The van der Waals surface area contributed by atoms with Crippen LogP contribution in [0.2, 0.25) is 0 Å². The molecule has 2 N–H and O–H groups in total. The number of nitrogen functional groups attached to an aromatic ring is 1. The van der Waals surface area contributed by atoms with Crippen molar-refractivity contribution in [1.82, 2.24) is 4.57 Å². The van der Waals surface area contributed by atoms with Crippen LogP contribution in [-0.2, 0) is 13.0 Å². The van der Waals surface area contributed by atoms with Crippen LogP contribution in [0, 0.1) is 0 Å². The van der Waals surface area contributed by atoms with Gasteiger partial charge in [0.25, 0.3) is 0 Å². The Morgan fingerprint density at radius 3 is 3.08 bits per heavy atom. The van der Waals surface area contributed by atoms with Crippen LogP contribution in [0.5, 0.6) is 0 Å². The van der Waals surface area contributed by atoms with Crippen molar-refractivity contribution in [2.45, 2.75) is 19.4 Å². The zero-order chi connectivity index (χ0) is 8.84. The second kappa shape index (κ2) is 2.28. The van der Waals surface area contributed by atoms with Crippen molar-refractivity contribution in [2.75, 3.05) is 5.73 Å². The van der Waals surface area contributed by atoms with Gasteiger partial charge < -0.3 is 10.3 Å². The summed E-state index contributed by atoms with van der Waals surface area (Å²) < 4.78 is 2.31. The van der Waals surface area contributed by atoms with Crippen LogP contribution in [0.15, 0.2) is 24.4 Å². The van der Waals surface area contributed by atoms with Gasteiger partial charge in [0.05, 0.1) is 5.52 Å².